The largest absolute Gasteiger partial charge is 0.467 e. The van der Waals surface area contributed by atoms with Crippen LogP contribution < -0.4 is 5.32 Å². The molecule has 0 heterocycles. The summed E-state index contributed by atoms with van der Waals surface area (Å²) in [6, 6.07) is -0.773. The molecule has 2 atom stereocenters. The Morgan fingerprint density at radius 1 is 1.43 bits per heavy atom. The van der Waals surface area contributed by atoms with Crippen molar-refractivity contribution in [1.82, 2.24) is 5.32 Å². The molecule has 1 saturated carbocycles. The van der Waals surface area contributed by atoms with Gasteiger partial charge in [0.25, 0.3) is 0 Å². The first-order chi connectivity index (χ1) is 9.71. The second kappa shape index (κ2) is 7.68. The number of amides is 1. The fraction of sp³-hybridized carbons (Fsp3) is 0.786. The highest BCUT2D eigenvalue weighted by molar-refractivity contribution is 8.00. The number of esters is 1. The van der Waals surface area contributed by atoms with Crippen molar-refractivity contribution >= 4 is 29.6 Å². The summed E-state index contributed by atoms with van der Waals surface area (Å²) in [6.07, 6.45) is 1.30. The van der Waals surface area contributed by atoms with Gasteiger partial charge in [-0.15, -0.1) is 0 Å². The van der Waals surface area contributed by atoms with Crippen molar-refractivity contribution in [1.29, 1.82) is 0 Å². The van der Waals surface area contributed by atoms with E-state index >= 15 is 0 Å². The monoisotopic (exact) mass is 317 g/mol. The molecule has 0 aromatic rings. The SMILES string of the molecule is COC(=O)[C@H](CS[C@@H]1CCC(=O)C1)NC(=O)OC(C)(C)C. The summed E-state index contributed by atoms with van der Waals surface area (Å²) in [4.78, 5) is 34.7. The van der Waals surface area contributed by atoms with Crippen LogP contribution in [0.5, 0.6) is 0 Å². The first kappa shape index (κ1) is 17.8. The molecule has 1 fully saturated rings. The number of ether oxygens (including phenoxy) is 2. The fourth-order valence-electron chi connectivity index (χ4n) is 1.92. The summed E-state index contributed by atoms with van der Waals surface area (Å²) in [6.45, 7) is 5.25. The van der Waals surface area contributed by atoms with E-state index in [0.29, 0.717) is 18.6 Å². The molecule has 1 amide bonds. The number of carbonyl (C=O) groups is 3. The molecular weight excluding hydrogens is 294 g/mol. The van der Waals surface area contributed by atoms with Gasteiger partial charge >= 0.3 is 12.1 Å². The number of thioether (sulfide) groups is 1. The predicted octanol–water partition coefficient (Wildman–Crippen LogP) is 1.91. The standard InChI is InChI=1S/C14H23NO5S/c1-14(2,3)20-13(18)15-11(12(17)19-4)8-21-10-6-5-9(16)7-10/h10-11H,5-8H2,1-4H3,(H,15,18)/t10-,11+/m1/s1. The molecule has 120 valence electrons. The summed E-state index contributed by atoms with van der Waals surface area (Å²) in [5, 5.41) is 2.73. The first-order valence-electron chi connectivity index (χ1n) is 6.92. The molecular formula is C14H23NO5S. The van der Waals surface area contributed by atoms with Gasteiger partial charge in [0.05, 0.1) is 7.11 Å². The number of Topliss-reactive ketones (excluding diaryl/α,β-unsaturated/α-hetero) is 1. The zero-order valence-electron chi connectivity index (χ0n) is 12.9. The highest BCUT2D eigenvalue weighted by atomic mass is 32.2. The number of carbonyl (C=O) groups excluding carboxylic acids is 3. The molecule has 0 aromatic carbocycles. The summed E-state index contributed by atoms with van der Waals surface area (Å²) in [5.41, 5.74) is -0.629. The van der Waals surface area contributed by atoms with Gasteiger partial charge in [-0.2, -0.15) is 11.8 Å². The van der Waals surface area contributed by atoms with Crippen LogP contribution in [0.4, 0.5) is 4.79 Å². The van der Waals surface area contributed by atoms with E-state index in [4.69, 9.17) is 9.47 Å². The normalized spacial score (nSPS) is 20.0. The van der Waals surface area contributed by atoms with Gasteiger partial charge in [0.1, 0.15) is 17.4 Å². The van der Waals surface area contributed by atoms with Crippen LogP contribution in [0.15, 0.2) is 0 Å². The molecule has 0 radical (unpaired) electrons. The average Bonchev–Trinajstić information content (AvgIpc) is 2.77. The van der Waals surface area contributed by atoms with Crippen molar-refractivity contribution in [2.75, 3.05) is 12.9 Å². The lowest BCUT2D eigenvalue weighted by Crippen LogP contribution is -2.45. The van der Waals surface area contributed by atoms with Crippen LogP contribution in [0.2, 0.25) is 0 Å². The van der Waals surface area contributed by atoms with E-state index in [1.54, 1.807) is 20.8 Å². The molecule has 0 bridgehead atoms. The molecule has 0 aliphatic heterocycles. The Morgan fingerprint density at radius 2 is 2.10 bits per heavy atom. The number of rotatable bonds is 5. The predicted molar refractivity (Wildman–Crippen MR) is 80.3 cm³/mol. The highest BCUT2D eigenvalue weighted by Crippen LogP contribution is 2.27. The van der Waals surface area contributed by atoms with E-state index < -0.39 is 23.7 Å². The lowest BCUT2D eigenvalue weighted by molar-refractivity contribution is -0.142. The number of methoxy groups -OCH3 is 1. The van der Waals surface area contributed by atoms with Crippen LogP contribution >= 0.6 is 11.8 Å². The zero-order valence-corrected chi connectivity index (χ0v) is 13.7. The maximum absolute atomic E-state index is 11.7. The number of nitrogens with one attached hydrogen (secondary N) is 1. The third-order valence-electron chi connectivity index (χ3n) is 2.88. The van der Waals surface area contributed by atoms with Gasteiger partial charge in [0, 0.05) is 23.8 Å². The minimum absolute atomic E-state index is 0.213. The van der Waals surface area contributed by atoms with Gasteiger partial charge in [0.15, 0.2) is 0 Å². The second-order valence-electron chi connectivity index (χ2n) is 5.96. The van der Waals surface area contributed by atoms with E-state index in [1.165, 1.54) is 18.9 Å². The van der Waals surface area contributed by atoms with E-state index in [0.717, 1.165) is 6.42 Å². The highest BCUT2D eigenvalue weighted by Gasteiger charge is 2.28. The van der Waals surface area contributed by atoms with Crippen LogP contribution in [0.1, 0.15) is 40.0 Å². The summed E-state index contributed by atoms with van der Waals surface area (Å²) < 4.78 is 9.82. The molecule has 0 unspecified atom stereocenters. The third kappa shape index (κ3) is 6.84. The van der Waals surface area contributed by atoms with E-state index in [1.807, 2.05) is 0 Å². The Bertz CT molecular complexity index is 405. The molecule has 1 N–H and O–H groups in total. The third-order valence-corrected chi connectivity index (χ3v) is 4.28. The minimum Gasteiger partial charge on any atom is -0.467 e. The zero-order chi connectivity index (χ0) is 16.0. The Labute approximate surface area is 129 Å². The van der Waals surface area contributed by atoms with E-state index in [2.05, 4.69) is 5.32 Å². The maximum Gasteiger partial charge on any atom is 0.408 e. The Kier molecular flexibility index (Phi) is 6.51. The van der Waals surface area contributed by atoms with Crippen LogP contribution in [0.25, 0.3) is 0 Å². The van der Waals surface area contributed by atoms with Crippen LogP contribution in [0, 0.1) is 0 Å². The summed E-state index contributed by atoms with van der Waals surface area (Å²) in [7, 11) is 1.27. The van der Waals surface area contributed by atoms with E-state index in [9.17, 15) is 14.4 Å². The Balaban J connectivity index is 2.49. The number of alkyl carbamates (subject to hydrolysis) is 1. The maximum atomic E-state index is 11.7. The van der Waals surface area contributed by atoms with Crippen molar-refractivity contribution in [2.24, 2.45) is 0 Å². The lowest BCUT2D eigenvalue weighted by Gasteiger charge is -2.23. The van der Waals surface area contributed by atoms with Gasteiger partial charge < -0.3 is 14.8 Å². The minimum atomic E-state index is -0.773. The van der Waals surface area contributed by atoms with Crippen molar-refractivity contribution < 1.29 is 23.9 Å². The molecule has 21 heavy (non-hydrogen) atoms. The Morgan fingerprint density at radius 3 is 2.57 bits per heavy atom. The molecule has 1 aliphatic rings. The van der Waals surface area contributed by atoms with Crippen molar-refractivity contribution in [3.05, 3.63) is 0 Å². The van der Waals surface area contributed by atoms with Crippen molar-refractivity contribution in [3.63, 3.8) is 0 Å². The quantitative estimate of drug-likeness (QED) is 0.780. The number of ketones is 1. The van der Waals surface area contributed by atoms with Gasteiger partial charge in [-0.1, -0.05) is 0 Å². The molecule has 0 saturated heterocycles. The van der Waals surface area contributed by atoms with Gasteiger partial charge in [-0.3, -0.25) is 4.79 Å². The van der Waals surface area contributed by atoms with Gasteiger partial charge in [0.2, 0.25) is 0 Å². The average molecular weight is 317 g/mol. The van der Waals surface area contributed by atoms with Gasteiger partial charge in [-0.25, -0.2) is 9.59 Å². The Hall–Kier alpha value is -1.24. The van der Waals surface area contributed by atoms with Crippen LogP contribution in [-0.2, 0) is 19.1 Å². The van der Waals surface area contributed by atoms with Crippen molar-refractivity contribution in [2.45, 2.75) is 56.9 Å². The molecule has 1 rings (SSSR count). The topological polar surface area (TPSA) is 81.7 Å². The molecule has 7 heteroatoms. The van der Waals surface area contributed by atoms with Crippen molar-refractivity contribution in [3.8, 4) is 0 Å². The smallest absolute Gasteiger partial charge is 0.408 e. The molecule has 0 aromatic heterocycles. The number of hydrogen-bond donors (Lipinski definition) is 1. The molecule has 1 aliphatic carbocycles. The lowest BCUT2D eigenvalue weighted by atomic mass is 10.2. The van der Waals surface area contributed by atoms with Crippen LogP contribution in [0.3, 0.4) is 0 Å². The first-order valence-corrected chi connectivity index (χ1v) is 7.97. The molecule has 0 spiro atoms. The summed E-state index contributed by atoms with van der Waals surface area (Å²) >= 11 is 1.51. The summed E-state index contributed by atoms with van der Waals surface area (Å²) in [5.74, 6) is 0.101. The number of hydrogen-bond acceptors (Lipinski definition) is 6. The molecule has 6 nitrogen and oxygen atoms in total. The van der Waals surface area contributed by atoms with Crippen LogP contribution in [-0.4, -0.2) is 47.6 Å². The van der Waals surface area contributed by atoms with E-state index in [-0.39, 0.29) is 11.0 Å². The van der Waals surface area contributed by atoms with Gasteiger partial charge in [-0.05, 0) is 27.2 Å². The second-order valence-corrected chi connectivity index (χ2v) is 7.29. The fourth-order valence-corrected chi connectivity index (χ4v) is 3.19.